The minimum Gasteiger partial charge on any atom is -0.299 e. The molecule has 0 spiro atoms. The Morgan fingerprint density at radius 2 is 2.00 bits per heavy atom. The standard InChI is InChI=1S/C9H17FO/c1-5-9(4,10)6-8(11)7(2)3/h7H,5-6H2,1-4H3. The zero-order chi connectivity index (χ0) is 9.07. The smallest absolute Gasteiger partial charge is 0.138 e. The van der Waals surface area contributed by atoms with Gasteiger partial charge in [-0.1, -0.05) is 20.8 Å². The van der Waals surface area contributed by atoms with Crippen molar-refractivity contribution in [3.05, 3.63) is 0 Å². The molecule has 2 heteroatoms. The number of rotatable bonds is 4. The molecule has 0 aliphatic rings. The molecule has 0 N–H and O–H groups in total. The van der Waals surface area contributed by atoms with Crippen molar-refractivity contribution >= 4 is 5.78 Å². The summed E-state index contributed by atoms with van der Waals surface area (Å²) in [6.45, 7) is 6.84. The van der Waals surface area contributed by atoms with Crippen LogP contribution in [-0.2, 0) is 4.79 Å². The van der Waals surface area contributed by atoms with Gasteiger partial charge < -0.3 is 0 Å². The molecule has 1 atom stereocenters. The van der Waals surface area contributed by atoms with Crippen molar-refractivity contribution in [1.29, 1.82) is 0 Å². The number of alkyl halides is 1. The SMILES string of the molecule is CCC(C)(F)CC(=O)C(C)C. The largest absolute Gasteiger partial charge is 0.299 e. The molecule has 1 unspecified atom stereocenters. The number of hydrogen-bond donors (Lipinski definition) is 0. The van der Waals surface area contributed by atoms with E-state index >= 15 is 0 Å². The Balaban J connectivity index is 3.94. The predicted octanol–water partition coefficient (Wildman–Crippen LogP) is 2.74. The van der Waals surface area contributed by atoms with Crippen LogP contribution in [0.15, 0.2) is 0 Å². The lowest BCUT2D eigenvalue weighted by Crippen LogP contribution is -2.23. The number of hydrogen-bond acceptors (Lipinski definition) is 1. The Hall–Kier alpha value is -0.400. The summed E-state index contributed by atoms with van der Waals surface area (Å²) in [5, 5.41) is 0. The maximum Gasteiger partial charge on any atom is 0.138 e. The molecule has 0 saturated carbocycles. The van der Waals surface area contributed by atoms with Crippen molar-refractivity contribution in [3.8, 4) is 0 Å². The number of halogens is 1. The average Bonchev–Trinajstić information content (AvgIpc) is 1.87. The van der Waals surface area contributed by atoms with Gasteiger partial charge in [0.15, 0.2) is 0 Å². The fourth-order valence-electron chi connectivity index (χ4n) is 0.692. The second-order valence-corrected chi connectivity index (χ2v) is 3.56. The third kappa shape index (κ3) is 4.12. The van der Waals surface area contributed by atoms with Crippen molar-refractivity contribution in [2.24, 2.45) is 5.92 Å². The molecule has 0 fully saturated rings. The highest BCUT2D eigenvalue weighted by Gasteiger charge is 2.25. The molecular formula is C9H17FO. The number of carbonyl (C=O) groups is 1. The molecule has 0 aliphatic carbocycles. The number of Topliss-reactive ketones (excluding diaryl/α,β-unsaturated/α-hetero) is 1. The Kier molecular flexibility index (Phi) is 3.70. The van der Waals surface area contributed by atoms with Crippen LogP contribution < -0.4 is 0 Å². The summed E-state index contributed by atoms with van der Waals surface area (Å²) in [6, 6.07) is 0. The normalized spacial score (nSPS) is 16.5. The second kappa shape index (κ2) is 3.84. The van der Waals surface area contributed by atoms with Gasteiger partial charge in [-0.05, 0) is 13.3 Å². The van der Waals surface area contributed by atoms with Gasteiger partial charge in [0.2, 0.25) is 0 Å². The molecule has 0 aliphatic heterocycles. The quantitative estimate of drug-likeness (QED) is 0.618. The maximum atomic E-state index is 13.2. The maximum absolute atomic E-state index is 13.2. The molecule has 0 radical (unpaired) electrons. The van der Waals surface area contributed by atoms with Gasteiger partial charge in [-0.3, -0.25) is 4.79 Å². The molecule has 0 aromatic heterocycles. The molecule has 66 valence electrons. The first kappa shape index (κ1) is 10.6. The van der Waals surface area contributed by atoms with Crippen LogP contribution in [0.5, 0.6) is 0 Å². The lowest BCUT2D eigenvalue weighted by Gasteiger charge is -2.17. The van der Waals surface area contributed by atoms with Crippen molar-refractivity contribution in [2.75, 3.05) is 0 Å². The molecule has 0 saturated heterocycles. The average molecular weight is 160 g/mol. The molecule has 11 heavy (non-hydrogen) atoms. The van der Waals surface area contributed by atoms with Gasteiger partial charge in [-0.25, -0.2) is 4.39 Å². The van der Waals surface area contributed by atoms with E-state index < -0.39 is 5.67 Å². The molecule has 0 bridgehead atoms. The first-order chi connectivity index (χ1) is 4.89. The van der Waals surface area contributed by atoms with Crippen LogP contribution in [0.2, 0.25) is 0 Å². The van der Waals surface area contributed by atoms with E-state index in [1.54, 1.807) is 20.8 Å². The van der Waals surface area contributed by atoms with Gasteiger partial charge in [0.25, 0.3) is 0 Å². The van der Waals surface area contributed by atoms with Gasteiger partial charge in [-0.2, -0.15) is 0 Å². The van der Waals surface area contributed by atoms with E-state index in [2.05, 4.69) is 0 Å². The van der Waals surface area contributed by atoms with E-state index in [-0.39, 0.29) is 18.1 Å². The highest BCUT2D eigenvalue weighted by Crippen LogP contribution is 2.21. The summed E-state index contributed by atoms with van der Waals surface area (Å²) in [6.07, 6.45) is 0.465. The van der Waals surface area contributed by atoms with Crippen molar-refractivity contribution in [2.45, 2.75) is 46.2 Å². The summed E-state index contributed by atoms with van der Waals surface area (Å²) in [4.78, 5) is 11.1. The minimum atomic E-state index is -1.30. The van der Waals surface area contributed by atoms with E-state index in [9.17, 15) is 9.18 Å². The molecule has 0 aromatic rings. The zero-order valence-corrected chi connectivity index (χ0v) is 7.78. The molecular weight excluding hydrogens is 143 g/mol. The van der Waals surface area contributed by atoms with Gasteiger partial charge in [-0.15, -0.1) is 0 Å². The monoisotopic (exact) mass is 160 g/mol. The molecule has 1 nitrogen and oxygen atoms in total. The van der Waals surface area contributed by atoms with E-state index in [1.165, 1.54) is 6.92 Å². The Bertz CT molecular complexity index is 138. The summed E-state index contributed by atoms with van der Waals surface area (Å²) >= 11 is 0. The Labute approximate surface area is 68.0 Å². The van der Waals surface area contributed by atoms with Gasteiger partial charge in [0.1, 0.15) is 11.5 Å². The first-order valence-corrected chi connectivity index (χ1v) is 4.10. The summed E-state index contributed by atoms with van der Waals surface area (Å²) in [5.74, 6) is -0.0338. The number of ketones is 1. The fourth-order valence-corrected chi connectivity index (χ4v) is 0.692. The number of carbonyl (C=O) groups excluding carboxylic acids is 1. The zero-order valence-electron chi connectivity index (χ0n) is 7.78. The summed E-state index contributed by atoms with van der Waals surface area (Å²) in [7, 11) is 0. The third-order valence-electron chi connectivity index (χ3n) is 1.92. The Morgan fingerprint density at radius 1 is 1.55 bits per heavy atom. The highest BCUT2D eigenvalue weighted by molar-refractivity contribution is 5.81. The van der Waals surface area contributed by atoms with Crippen molar-refractivity contribution < 1.29 is 9.18 Å². The van der Waals surface area contributed by atoms with E-state index in [1.807, 2.05) is 0 Å². The summed E-state index contributed by atoms with van der Waals surface area (Å²) in [5.41, 5.74) is -1.30. The lowest BCUT2D eigenvalue weighted by molar-refractivity contribution is -0.124. The van der Waals surface area contributed by atoms with E-state index in [0.29, 0.717) is 6.42 Å². The topological polar surface area (TPSA) is 17.1 Å². The lowest BCUT2D eigenvalue weighted by atomic mass is 9.94. The van der Waals surface area contributed by atoms with Crippen LogP contribution >= 0.6 is 0 Å². The molecule has 0 heterocycles. The van der Waals surface area contributed by atoms with Crippen molar-refractivity contribution in [3.63, 3.8) is 0 Å². The van der Waals surface area contributed by atoms with Gasteiger partial charge in [0.05, 0.1) is 0 Å². The van der Waals surface area contributed by atoms with Crippen LogP contribution in [0.1, 0.15) is 40.5 Å². The highest BCUT2D eigenvalue weighted by atomic mass is 19.1. The minimum absolute atomic E-state index is 0.0110. The van der Waals surface area contributed by atoms with E-state index in [0.717, 1.165) is 0 Å². The van der Waals surface area contributed by atoms with Gasteiger partial charge in [0, 0.05) is 12.3 Å². The molecule has 0 amide bonds. The van der Waals surface area contributed by atoms with Crippen LogP contribution in [0, 0.1) is 5.92 Å². The Morgan fingerprint density at radius 3 is 2.27 bits per heavy atom. The van der Waals surface area contributed by atoms with E-state index in [4.69, 9.17) is 0 Å². The van der Waals surface area contributed by atoms with Crippen LogP contribution in [0.25, 0.3) is 0 Å². The fraction of sp³-hybridized carbons (Fsp3) is 0.889. The van der Waals surface area contributed by atoms with Crippen molar-refractivity contribution in [1.82, 2.24) is 0 Å². The predicted molar refractivity (Wildman–Crippen MR) is 44.3 cm³/mol. The van der Waals surface area contributed by atoms with Crippen LogP contribution in [-0.4, -0.2) is 11.5 Å². The molecule has 0 aromatic carbocycles. The molecule has 0 rings (SSSR count). The second-order valence-electron chi connectivity index (χ2n) is 3.56. The van der Waals surface area contributed by atoms with Gasteiger partial charge >= 0.3 is 0 Å². The summed E-state index contributed by atoms with van der Waals surface area (Å²) < 4.78 is 13.2. The van der Waals surface area contributed by atoms with Crippen LogP contribution in [0.4, 0.5) is 4.39 Å². The third-order valence-corrected chi connectivity index (χ3v) is 1.92. The van der Waals surface area contributed by atoms with Crippen LogP contribution in [0.3, 0.4) is 0 Å². The first-order valence-electron chi connectivity index (χ1n) is 4.10.